The van der Waals surface area contributed by atoms with Crippen LogP contribution in [0, 0.1) is 0 Å². The van der Waals surface area contributed by atoms with E-state index in [1.54, 1.807) is 16.8 Å². The Morgan fingerprint density at radius 3 is 2.84 bits per heavy atom. The molecule has 100 valence electrons. The number of nitrogens with zero attached hydrogens (tertiary/aromatic N) is 2. The summed E-state index contributed by atoms with van der Waals surface area (Å²) in [6.45, 7) is 1.99. The van der Waals surface area contributed by atoms with Gasteiger partial charge >= 0.3 is 5.97 Å². The van der Waals surface area contributed by atoms with Crippen LogP contribution < -0.4 is 5.32 Å². The second-order valence-electron chi connectivity index (χ2n) is 4.14. The van der Waals surface area contributed by atoms with E-state index in [9.17, 15) is 9.90 Å². The average molecular weight is 280 g/mol. The number of anilines is 2. The third-order valence-corrected chi connectivity index (χ3v) is 2.96. The number of nitrogens with one attached hydrogen (secondary N) is 1. The van der Waals surface area contributed by atoms with Gasteiger partial charge in [-0.1, -0.05) is 18.5 Å². The van der Waals surface area contributed by atoms with E-state index >= 15 is 0 Å². The largest absolute Gasteiger partial charge is 0.478 e. The molecule has 2 rings (SSSR count). The van der Waals surface area contributed by atoms with Gasteiger partial charge in [-0.25, -0.2) is 4.79 Å². The van der Waals surface area contributed by atoms with Crippen LogP contribution in [0.15, 0.2) is 24.4 Å². The zero-order valence-electron chi connectivity index (χ0n) is 10.6. The van der Waals surface area contributed by atoms with Crippen molar-refractivity contribution in [2.45, 2.75) is 13.3 Å². The fourth-order valence-electron chi connectivity index (χ4n) is 1.85. The van der Waals surface area contributed by atoms with E-state index in [1.165, 1.54) is 6.07 Å². The number of benzene rings is 1. The van der Waals surface area contributed by atoms with E-state index in [4.69, 9.17) is 11.6 Å². The standard InChI is InChI=1S/C13H14ClN3O2/c1-3-10-12(7-17(2)16-10)15-11-5-4-8(14)6-9(11)13(18)19/h4-7,15H,3H2,1-2H3,(H,18,19). The van der Waals surface area contributed by atoms with Gasteiger partial charge in [-0.2, -0.15) is 5.10 Å². The molecule has 2 N–H and O–H groups in total. The first-order valence-corrected chi connectivity index (χ1v) is 6.21. The number of carbonyl (C=O) groups is 1. The molecular formula is C13H14ClN3O2. The molecule has 2 aromatic rings. The fourth-order valence-corrected chi connectivity index (χ4v) is 2.02. The zero-order chi connectivity index (χ0) is 14.0. The van der Waals surface area contributed by atoms with Gasteiger partial charge in [0.15, 0.2) is 0 Å². The molecule has 1 aromatic heterocycles. The molecule has 0 spiro atoms. The van der Waals surface area contributed by atoms with Crippen LogP contribution in [0.3, 0.4) is 0 Å². The predicted octanol–water partition coefficient (Wildman–Crippen LogP) is 3.08. The molecule has 0 aliphatic carbocycles. The van der Waals surface area contributed by atoms with Crippen molar-refractivity contribution >= 4 is 28.9 Å². The van der Waals surface area contributed by atoms with Crippen LogP contribution in [0.25, 0.3) is 0 Å². The average Bonchev–Trinajstić information content (AvgIpc) is 2.71. The summed E-state index contributed by atoms with van der Waals surface area (Å²) < 4.78 is 1.69. The molecule has 1 heterocycles. The Hall–Kier alpha value is -2.01. The van der Waals surface area contributed by atoms with Crippen molar-refractivity contribution in [1.82, 2.24) is 9.78 Å². The van der Waals surface area contributed by atoms with Crippen molar-refractivity contribution in [3.8, 4) is 0 Å². The Balaban J connectivity index is 2.40. The predicted molar refractivity (Wildman–Crippen MR) is 74.3 cm³/mol. The quantitative estimate of drug-likeness (QED) is 0.902. The third-order valence-electron chi connectivity index (χ3n) is 2.72. The zero-order valence-corrected chi connectivity index (χ0v) is 11.4. The van der Waals surface area contributed by atoms with Crippen molar-refractivity contribution in [1.29, 1.82) is 0 Å². The van der Waals surface area contributed by atoms with Gasteiger partial charge in [-0.3, -0.25) is 4.68 Å². The number of rotatable bonds is 4. The molecule has 0 radical (unpaired) electrons. The first-order chi connectivity index (χ1) is 9.01. The minimum absolute atomic E-state index is 0.137. The highest BCUT2D eigenvalue weighted by atomic mass is 35.5. The summed E-state index contributed by atoms with van der Waals surface area (Å²) in [6.07, 6.45) is 2.58. The maximum absolute atomic E-state index is 11.2. The molecule has 19 heavy (non-hydrogen) atoms. The molecule has 6 heteroatoms. The number of hydrogen-bond donors (Lipinski definition) is 2. The van der Waals surface area contributed by atoms with E-state index in [0.717, 1.165) is 17.8 Å². The van der Waals surface area contributed by atoms with Crippen LogP contribution in [-0.2, 0) is 13.5 Å². The molecule has 5 nitrogen and oxygen atoms in total. The molecular weight excluding hydrogens is 266 g/mol. The molecule has 0 saturated heterocycles. The van der Waals surface area contributed by atoms with E-state index < -0.39 is 5.97 Å². The van der Waals surface area contributed by atoms with Crippen molar-refractivity contribution in [3.05, 3.63) is 40.7 Å². The lowest BCUT2D eigenvalue weighted by molar-refractivity contribution is 0.0698. The lowest BCUT2D eigenvalue weighted by atomic mass is 10.1. The van der Waals surface area contributed by atoms with Gasteiger partial charge in [0.25, 0.3) is 0 Å². The number of carboxylic acid groups (broad SMARTS) is 1. The van der Waals surface area contributed by atoms with Crippen molar-refractivity contribution in [2.75, 3.05) is 5.32 Å². The number of hydrogen-bond acceptors (Lipinski definition) is 3. The Kier molecular flexibility index (Phi) is 3.76. The normalized spacial score (nSPS) is 10.5. The van der Waals surface area contributed by atoms with Crippen LogP contribution in [0.2, 0.25) is 5.02 Å². The summed E-state index contributed by atoms with van der Waals surface area (Å²) in [7, 11) is 1.82. The topological polar surface area (TPSA) is 67.2 Å². The fraction of sp³-hybridized carbons (Fsp3) is 0.231. The molecule has 0 bridgehead atoms. The summed E-state index contributed by atoms with van der Waals surface area (Å²) in [5, 5.41) is 17.0. The van der Waals surface area contributed by atoms with Crippen molar-refractivity contribution < 1.29 is 9.90 Å². The van der Waals surface area contributed by atoms with Crippen LogP contribution in [-0.4, -0.2) is 20.9 Å². The monoisotopic (exact) mass is 279 g/mol. The number of aromatic carboxylic acids is 1. The SMILES string of the molecule is CCc1nn(C)cc1Nc1ccc(Cl)cc1C(=O)O. The van der Waals surface area contributed by atoms with E-state index in [-0.39, 0.29) is 5.56 Å². The lowest BCUT2D eigenvalue weighted by Crippen LogP contribution is -2.03. The highest BCUT2D eigenvalue weighted by Gasteiger charge is 2.13. The Labute approximate surface area is 115 Å². The molecule has 0 atom stereocenters. The van der Waals surface area contributed by atoms with Gasteiger partial charge in [0.05, 0.1) is 22.6 Å². The second kappa shape index (κ2) is 5.32. The summed E-state index contributed by atoms with van der Waals surface area (Å²) in [5.41, 5.74) is 2.32. The molecule has 0 unspecified atom stereocenters. The maximum Gasteiger partial charge on any atom is 0.337 e. The molecule has 0 aliphatic rings. The summed E-state index contributed by atoms with van der Waals surface area (Å²) in [4.78, 5) is 11.2. The van der Waals surface area contributed by atoms with Crippen LogP contribution in [0.5, 0.6) is 0 Å². The third kappa shape index (κ3) is 2.88. The molecule has 0 aliphatic heterocycles. The highest BCUT2D eigenvalue weighted by Crippen LogP contribution is 2.26. The Bertz CT molecular complexity index is 622. The van der Waals surface area contributed by atoms with Crippen LogP contribution in [0.1, 0.15) is 23.0 Å². The van der Waals surface area contributed by atoms with Crippen molar-refractivity contribution in [3.63, 3.8) is 0 Å². The number of carboxylic acids is 1. The minimum Gasteiger partial charge on any atom is -0.478 e. The van der Waals surface area contributed by atoms with Crippen LogP contribution >= 0.6 is 11.6 Å². The van der Waals surface area contributed by atoms with Gasteiger partial charge in [0.1, 0.15) is 0 Å². The lowest BCUT2D eigenvalue weighted by Gasteiger charge is -2.09. The van der Waals surface area contributed by atoms with E-state index in [0.29, 0.717) is 10.7 Å². The molecule has 0 saturated carbocycles. The first-order valence-electron chi connectivity index (χ1n) is 5.83. The minimum atomic E-state index is -1.02. The number of aromatic nitrogens is 2. The molecule has 0 fully saturated rings. The summed E-state index contributed by atoms with van der Waals surface area (Å²) >= 11 is 5.82. The Morgan fingerprint density at radius 2 is 2.21 bits per heavy atom. The van der Waals surface area contributed by atoms with Gasteiger partial charge in [0.2, 0.25) is 0 Å². The van der Waals surface area contributed by atoms with Gasteiger partial charge in [0, 0.05) is 18.3 Å². The number of halogens is 1. The van der Waals surface area contributed by atoms with E-state index in [2.05, 4.69) is 10.4 Å². The van der Waals surface area contributed by atoms with Crippen LogP contribution in [0.4, 0.5) is 11.4 Å². The second-order valence-corrected chi connectivity index (χ2v) is 4.57. The summed E-state index contributed by atoms with van der Waals surface area (Å²) in [6, 6.07) is 4.73. The van der Waals surface area contributed by atoms with Gasteiger partial charge < -0.3 is 10.4 Å². The first kappa shape index (κ1) is 13.4. The van der Waals surface area contributed by atoms with E-state index in [1.807, 2.05) is 20.2 Å². The number of aryl methyl sites for hydroxylation is 2. The van der Waals surface area contributed by atoms with Gasteiger partial charge in [-0.15, -0.1) is 0 Å². The maximum atomic E-state index is 11.2. The molecule has 1 aromatic carbocycles. The summed E-state index contributed by atoms with van der Waals surface area (Å²) in [5.74, 6) is -1.02. The van der Waals surface area contributed by atoms with Gasteiger partial charge in [-0.05, 0) is 24.6 Å². The Morgan fingerprint density at radius 1 is 1.47 bits per heavy atom. The molecule has 0 amide bonds. The van der Waals surface area contributed by atoms with Crippen molar-refractivity contribution in [2.24, 2.45) is 7.05 Å². The highest BCUT2D eigenvalue weighted by molar-refractivity contribution is 6.31. The smallest absolute Gasteiger partial charge is 0.337 e.